The zero-order valence-electron chi connectivity index (χ0n) is 21.3. The van der Waals surface area contributed by atoms with Crippen LogP contribution in [0.25, 0.3) is 0 Å². The number of hydrogen-bond acceptors (Lipinski definition) is 5. The number of piperidine rings is 1. The minimum atomic E-state index is -3.09. The number of carbonyl (C=O) groups is 1. The second kappa shape index (κ2) is 9.86. The van der Waals surface area contributed by atoms with Crippen LogP contribution in [0, 0.1) is 11.3 Å². The minimum absolute atomic E-state index is 0.0927. The smallest absolute Gasteiger partial charge is 0.253 e. The lowest BCUT2D eigenvalue weighted by Crippen LogP contribution is -2.38. The number of nitrogens with zero attached hydrogens (tertiary/aromatic N) is 3. The summed E-state index contributed by atoms with van der Waals surface area (Å²) in [5.41, 5.74) is 2.91. The lowest BCUT2D eigenvalue weighted by Gasteiger charge is -2.34. The highest BCUT2D eigenvalue weighted by Gasteiger charge is 2.49. The Balaban J connectivity index is 1.30. The van der Waals surface area contributed by atoms with Gasteiger partial charge in [-0.25, -0.2) is 8.42 Å². The molecule has 0 bridgehead atoms. The van der Waals surface area contributed by atoms with Crippen LogP contribution >= 0.6 is 11.8 Å². The molecule has 3 aliphatic rings. The van der Waals surface area contributed by atoms with Crippen LogP contribution in [0.5, 0.6) is 0 Å². The molecule has 36 heavy (non-hydrogen) atoms. The van der Waals surface area contributed by atoms with Gasteiger partial charge in [-0.05, 0) is 55.0 Å². The summed E-state index contributed by atoms with van der Waals surface area (Å²) >= 11 is 1.43. The molecule has 0 spiro atoms. The number of amides is 1. The van der Waals surface area contributed by atoms with E-state index in [1.54, 1.807) is 0 Å². The van der Waals surface area contributed by atoms with Gasteiger partial charge in [0, 0.05) is 35.1 Å². The molecule has 0 aliphatic carbocycles. The van der Waals surface area contributed by atoms with Crippen LogP contribution in [0.3, 0.4) is 0 Å². The summed E-state index contributed by atoms with van der Waals surface area (Å²) in [7, 11) is -3.09. The molecular formula is C28H35N3O3S2. The van der Waals surface area contributed by atoms with Crippen LogP contribution in [0.2, 0.25) is 0 Å². The maximum Gasteiger partial charge on any atom is 0.253 e. The minimum Gasteiger partial charge on any atom is -0.372 e. The predicted molar refractivity (Wildman–Crippen MR) is 150 cm³/mol. The van der Waals surface area contributed by atoms with Gasteiger partial charge >= 0.3 is 0 Å². The van der Waals surface area contributed by atoms with Gasteiger partial charge in [0.05, 0.1) is 17.5 Å². The summed E-state index contributed by atoms with van der Waals surface area (Å²) in [5.74, 6) is 0.763. The fraction of sp³-hybridized carbons (Fsp3) is 0.500. The lowest BCUT2D eigenvalue weighted by molar-refractivity contribution is -0.124. The Morgan fingerprint density at radius 1 is 0.972 bits per heavy atom. The van der Waals surface area contributed by atoms with Gasteiger partial charge in [-0.3, -0.25) is 4.79 Å². The van der Waals surface area contributed by atoms with E-state index in [4.69, 9.17) is 0 Å². The lowest BCUT2D eigenvalue weighted by atomic mass is 9.90. The summed E-state index contributed by atoms with van der Waals surface area (Å²) < 4.78 is 24.7. The van der Waals surface area contributed by atoms with Gasteiger partial charge < -0.3 is 9.80 Å². The molecule has 2 atom stereocenters. The van der Waals surface area contributed by atoms with Crippen molar-refractivity contribution in [2.24, 2.45) is 16.3 Å². The van der Waals surface area contributed by atoms with Gasteiger partial charge in [0.15, 0.2) is 15.0 Å². The maximum atomic E-state index is 12.7. The molecule has 2 aromatic rings. The van der Waals surface area contributed by atoms with E-state index in [2.05, 4.69) is 64.5 Å². The van der Waals surface area contributed by atoms with Crippen molar-refractivity contribution >= 4 is 44.0 Å². The molecule has 0 aromatic heterocycles. The van der Waals surface area contributed by atoms with Crippen LogP contribution in [0.4, 0.5) is 11.4 Å². The fourth-order valence-electron chi connectivity index (χ4n) is 5.29. The van der Waals surface area contributed by atoms with Gasteiger partial charge in [-0.15, -0.1) is 0 Å². The normalized spacial score (nSPS) is 25.4. The molecule has 1 amide bonds. The van der Waals surface area contributed by atoms with E-state index in [1.807, 2.05) is 25.7 Å². The number of rotatable bonds is 4. The predicted octanol–water partition coefficient (Wildman–Crippen LogP) is 4.79. The summed E-state index contributed by atoms with van der Waals surface area (Å²) in [6.07, 6.45) is 3.49. The van der Waals surface area contributed by atoms with E-state index in [0.717, 1.165) is 25.2 Å². The third kappa shape index (κ3) is 5.49. The topological polar surface area (TPSA) is 70.0 Å². The second-order valence-corrected chi connectivity index (χ2v) is 14.6. The average Bonchev–Trinajstić information content (AvgIpc) is 3.30. The van der Waals surface area contributed by atoms with Crippen molar-refractivity contribution in [1.82, 2.24) is 0 Å². The van der Waals surface area contributed by atoms with E-state index >= 15 is 0 Å². The number of benzene rings is 2. The van der Waals surface area contributed by atoms with Crippen molar-refractivity contribution in [2.45, 2.75) is 51.3 Å². The highest BCUT2D eigenvalue weighted by atomic mass is 32.2. The SMILES string of the molecule is CC(C)(C)C(=O)N=C1SC2CS(=O)(=O)CC2N1c1ccc(N2CCC(Cc3ccccc3)CC2)cc1. The first-order chi connectivity index (χ1) is 17.1. The molecule has 2 unspecified atom stereocenters. The molecule has 6 nitrogen and oxygen atoms in total. The van der Waals surface area contributed by atoms with Crippen molar-refractivity contribution in [3.63, 3.8) is 0 Å². The molecule has 0 saturated carbocycles. The number of aliphatic imine (C=N–C) groups is 1. The molecule has 192 valence electrons. The van der Waals surface area contributed by atoms with Crippen molar-refractivity contribution in [3.8, 4) is 0 Å². The summed E-state index contributed by atoms with van der Waals surface area (Å²) in [5, 5.41) is 0.527. The van der Waals surface area contributed by atoms with Crippen molar-refractivity contribution in [1.29, 1.82) is 0 Å². The first-order valence-electron chi connectivity index (χ1n) is 12.8. The second-order valence-electron chi connectivity index (χ2n) is 11.3. The monoisotopic (exact) mass is 525 g/mol. The van der Waals surface area contributed by atoms with Crippen molar-refractivity contribution in [3.05, 3.63) is 60.2 Å². The van der Waals surface area contributed by atoms with E-state index in [-0.39, 0.29) is 28.7 Å². The van der Waals surface area contributed by atoms with Crippen molar-refractivity contribution < 1.29 is 13.2 Å². The first-order valence-corrected chi connectivity index (χ1v) is 15.5. The Morgan fingerprint density at radius 3 is 2.25 bits per heavy atom. The first kappa shape index (κ1) is 25.3. The van der Waals surface area contributed by atoms with E-state index in [0.29, 0.717) is 11.1 Å². The number of hydrogen-bond donors (Lipinski definition) is 0. The molecule has 2 aromatic carbocycles. The van der Waals surface area contributed by atoms with E-state index in [1.165, 1.54) is 35.9 Å². The Labute approximate surface area is 219 Å². The van der Waals surface area contributed by atoms with Gasteiger partial charge in [0.25, 0.3) is 5.91 Å². The number of fused-ring (bicyclic) bond motifs is 1. The Bertz CT molecular complexity index is 1230. The summed E-state index contributed by atoms with van der Waals surface area (Å²) in [6.45, 7) is 7.63. The number of carbonyl (C=O) groups excluding carboxylic acids is 1. The van der Waals surface area contributed by atoms with E-state index in [9.17, 15) is 13.2 Å². The highest BCUT2D eigenvalue weighted by molar-refractivity contribution is 8.16. The maximum absolute atomic E-state index is 12.7. The van der Waals surface area contributed by atoms with Gasteiger partial charge in [0.2, 0.25) is 0 Å². The van der Waals surface area contributed by atoms with Crippen LogP contribution in [-0.4, -0.2) is 55.4 Å². The van der Waals surface area contributed by atoms with Gasteiger partial charge in [-0.1, -0.05) is 62.9 Å². The van der Waals surface area contributed by atoms with E-state index < -0.39 is 15.3 Å². The third-order valence-electron chi connectivity index (χ3n) is 7.38. The molecule has 0 N–H and O–H groups in total. The number of anilines is 2. The Hall–Kier alpha value is -2.32. The molecule has 5 rings (SSSR count). The Morgan fingerprint density at radius 2 is 1.61 bits per heavy atom. The van der Waals surface area contributed by atoms with Crippen LogP contribution in [0.15, 0.2) is 59.6 Å². The zero-order valence-corrected chi connectivity index (χ0v) is 22.9. The van der Waals surface area contributed by atoms with Crippen LogP contribution in [-0.2, 0) is 21.1 Å². The summed E-state index contributed by atoms with van der Waals surface area (Å²) in [6, 6.07) is 18.9. The quantitative estimate of drug-likeness (QED) is 0.572. The zero-order chi connectivity index (χ0) is 25.5. The largest absolute Gasteiger partial charge is 0.372 e. The highest BCUT2D eigenvalue weighted by Crippen LogP contribution is 2.42. The third-order valence-corrected chi connectivity index (χ3v) is 10.6. The average molecular weight is 526 g/mol. The molecule has 3 aliphatic heterocycles. The van der Waals surface area contributed by atoms with Crippen LogP contribution in [0.1, 0.15) is 39.2 Å². The van der Waals surface area contributed by atoms with Gasteiger partial charge in [-0.2, -0.15) is 4.99 Å². The number of amidine groups is 1. The van der Waals surface area contributed by atoms with Crippen LogP contribution < -0.4 is 9.80 Å². The number of thioether (sulfide) groups is 1. The van der Waals surface area contributed by atoms with Gasteiger partial charge in [0.1, 0.15) is 0 Å². The molecule has 0 radical (unpaired) electrons. The molecule has 3 fully saturated rings. The molecular weight excluding hydrogens is 490 g/mol. The standard InChI is InChI=1S/C28H35N3O3S2/c1-28(2,3)26(32)29-27-31(24-18-36(33,34)19-25(24)35-27)23-11-9-22(10-12-23)30-15-13-21(14-16-30)17-20-7-5-4-6-8-20/h4-12,21,24-25H,13-19H2,1-3H3. The molecule has 3 heterocycles. The Kier molecular flexibility index (Phi) is 6.94. The summed E-state index contributed by atoms with van der Waals surface area (Å²) in [4.78, 5) is 21.6. The molecule has 8 heteroatoms. The fourth-order valence-corrected chi connectivity index (χ4v) is 9.20. The number of sulfone groups is 1. The van der Waals surface area contributed by atoms with Crippen molar-refractivity contribution in [2.75, 3.05) is 34.4 Å². The molecule has 3 saturated heterocycles.